The first-order chi connectivity index (χ1) is 13.9. The van der Waals surface area contributed by atoms with E-state index in [2.05, 4.69) is 45.5 Å². The molecule has 2 aromatic rings. The number of hydrogen-bond acceptors (Lipinski definition) is 5. The minimum atomic E-state index is -0.810. The maximum atomic E-state index is 13.0. The van der Waals surface area contributed by atoms with Crippen LogP contribution < -0.4 is 0 Å². The van der Waals surface area contributed by atoms with Crippen LogP contribution in [-0.4, -0.2) is 49.1 Å². The number of halogens is 1. The highest BCUT2D eigenvalue weighted by atomic mass is 127. The summed E-state index contributed by atoms with van der Waals surface area (Å²) in [6, 6.07) is 5.50. The van der Waals surface area contributed by atoms with Crippen molar-refractivity contribution >= 4 is 45.4 Å². The van der Waals surface area contributed by atoms with Gasteiger partial charge in [0.05, 0.1) is 19.8 Å². The fourth-order valence-corrected chi connectivity index (χ4v) is 5.87. The normalized spacial score (nSPS) is 26.1. The second-order valence-corrected chi connectivity index (χ2v) is 9.68. The number of nitrogens with zero attached hydrogens (tertiary/aromatic N) is 1. The lowest BCUT2D eigenvalue weighted by atomic mass is 9.84. The molecule has 6 nitrogen and oxygen atoms in total. The number of aromatic nitrogens is 1. The van der Waals surface area contributed by atoms with Crippen molar-refractivity contribution < 1.29 is 19.1 Å². The Kier molecular flexibility index (Phi) is 5.46. The van der Waals surface area contributed by atoms with Crippen LogP contribution in [0.2, 0.25) is 0 Å². The molecule has 0 saturated carbocycles. The van der Waals surface area contributed by atoms with Crippen molar-refractivity contribution in [2.45, 2.75) is 29.7 Å². The zero-order valence-corrected chi connectivity index (χ0v) is 19.0. The van der Waals surface area contributed by atoms with Gasteiger partial charge in [0.2, 0.25) is 0 Å². The smallest absolute Gasteiger partial charge is 0.337 e. The molecule has 1 unspecified atom stereocenters. The fourth-order valence-electron chi connectivity index (χ4n) is 4.62. The van der Waals surface area contributed by atoms with Gasteiger partial charge in [-0.05, 0) is 42.5 Å². The maximum absolute atomic E-state index is 13.0. The average molecular weight is 508 g/mol. The molecule has 1 N–H and O–H groups in total. The number of methoxy groups -OCH3 is 2. The summed E-state index contributed by atoms with van der Waals surface area (Å²) in [5.41, 5.74) is 4.76. The molecule has 3 heterocycles. The average Bonchev–Trinajstić information content (AvgIpc) is 3.09. The molecule has 0 spiro atoms. The predicted octanol–water partition coefficient (Wildman–Crippen LogP) is 3.93. The van der Waals surface area contributed by atoms with Crippen LogP contribution in [-0.2, 0) is 24.2 Å². The van der Waals surface area contributed by atoms with Crippen LogP contribution in [0.5, 0.6) is 0 Å². The van der Waals surface area contributed by atoms with Crippen LogP contribution in [0.15, 0.2) is 29.8 Å². The maximum Gasteiger partial charge on any atom is 0.337 e. The molecule has 3 atom stereocenters. The summed E-state index contributed by atoms with van der Waals surface area (Å²) < 4.78 is 9.33. The minimum Gasteiger partial charge on any atom is -0.468 e. The molecule has 0 fully saturated rings. The third-order valence-electron chi connectivity index (χ3n) is 6.00. The molecule has 0 saturated heterocycles. The lowest BCUT2D eigenvalue weighted by Crippen LogP contribution is -2.43. The highest BCUT2D eigenvalue weighted by Crippen LogP contribution is 2.46. The number of benzene rings is 1. The van der Waals surface area contributed by atoms with E-state index in [1.807, 2.05) is 12.1 Å². The van der Waals surface area contributed by atoms with Gasteiger partial charge in [-0.3, -0.25) is 9.69 Å². The molecule has 2 aliphatic heterocycles. The summed E-state index contributed by atoms with van der Waals surface area (Å²) >= 11 is 2.26. The molecule has 29 heavy (non-hydrogen) atoms. The van der Waals surface area contributed by atoms with Gasteiger partial charge in [-0.2, -0.15) is 0 Å². The van der Waals surface area contributed by atoms with Gasteiger partial charge in [-0.25, -0.2) is 4.79 Å². The molecule has 2 aliphatic rings. The summed E-state index contributed by atoms with van der Waals surface area (Å²) in [7, 11) is 2.83. The fraction of sp³-hybridized carbons (Fsp3) is 0.455. The molecular weight excluding hydrogens is 483 g/mol. The molecule has 2 bridgehead atoms. The first-order valence-corrected chi connectivity index (χ1v) is 10.9. The number of alkyl halides is 1. The van der Waals surface area contributed by atoms with Gasteiger partial charge in [0, 0.05) is 36.2 Å². The van der Waals surface area contributed by atoms with Gasteiger partial charge >= 0.3 is 11.9 Å². The van der Waals surface area contributed by atoms with Crippen molar-refractivity contribution in [3.8, 4) is 0 Å². The predicted molar refractivity (Wildman–Crippen MR) is 119 cm³/mol. The van der Waals surface area contributed by atoms with E-state index in [4.69, 9.17) is 9.47 Å². The van der Waals surface area contributed by atoms with Crippen molar-refractivity contribution in [2.75, 3.05) is 27.3 Å². The molecule has 0 aliphatic carbocycles. The van der Waals surface area contributed by atoms with E-state index < -0.39 is 3.42 Å². The van der Waals surface area contributed by atoms with Gasteiger partial charge in [-0.15, -0.1) is 0 Å². The highest BCUT2D eigenvalue weighted by molar-refractivity contribution is 14.1. The second-order valence-electron chi connectivity index (χ2n) is 7.84. The zero-order valence-electron chi connectivity index (χ0n) is 16.9. The summed E-state index contributed by atoms with van der Waals surface area (Å²) in [5.74, 6) is -0.319. The van der Waals surface area contributed by atoms with Crippen LogP contribution >= 0.6 is 22.6 Å². The van der Waals surface area contributed by atoms with Gasteiger partial charge < -0.3 is 14.5 Å². The van der Waals surface area contributed by atoms with E-state index in [1.165, 1.54) is 19.8 Å². The Morgan fingerprint density at radius 3 is 2.76 bits per heavy atom. The van der Waals surface area contributed by atoms with Gasteiger partial charge in [0.25, 0.3) is 0 Å². The Bertz CT molecular complexity index is 1010. The first kappa shape index (κ1) is 20.4. The quantitative estimate of drug-likeness (QED) is 0.295. The van der Waals surface area contributed by atoms with Gasteiger partial charge in [-0.1, -0.05) is 41.2 Å². The monoisotopic (exact) mass is 508 g/mol. The summed E-state index contributed by atoms with van der Waals surface area (Å²) in [6.45, 7) is 4.74. The Balaban J connectivity index is 1.92. The minimum absolute atomic E-state index is 0.246. The molecule has 154 valence electrons. The van der Waals surface area contributed by atoms with Crippen molar-refractivity contribution in [1.82, 2.24) is 9.88 Å². The number of H-pyrrole nitrogens is 1. The van der Waals surface area contributed by atoms with Gasteiger partial charge in [0.1, 0.15) is 0 Å². The van der Waals surface area contributed by atoms with E-state index in [0.29, 0.717) is 17.9 Å². The Labute approximate surface area is 183 Å². The Morgan fingerprint density at radius 2 is 2.07 bits per heavy atom. The number of ether oxygens (including phenoxy) is 2. The number of carbonyl (C=O) groups excluding carboxylic acids is 2. The van der Waals surface area contributed by atoms with E-state index in [0.717, 1.165) is 48.2 Å². The third-order valence-corrected chi connectivity index (χ3v) is 7.42. The van der Waals surface area contributed by atoms with Crippen molar-refractivity contribution in [1.29, 1.82) is 0 Å². The number of hydrogen-bond donors (Lipinski definition) is 1. The van der Waals surface area contributed by atoms with Crippen LogP contribution in [0.1, 0.15) is 41.4 Å². The summed E-state index contributed by atoms with van der Waals surface area (Å²) in [5, 5.41) is 0.957. The van der Waals surface area contributed by atoms with Crippen LogP contribution in [0, 0.1) is 5.92 Å². The van der Waals surface area contributed by atoms with E-state index in [9.17, 15) is 9.59 Å². The molecule has 1 aromatic heterocycles. The number of nitrogens with one attached hydrogen (secondary N) is 1. The lowest BCUT2D eigenvalue weighted by Gasteiger charge is -2.39. The Morgan fingerprint density at radius 1 is 1.28 bits per heavy atom. The molecule has 1 aromatic carbocycles. The standard InChI is InChI=1S/C22H25IN2O4/c1-4-13-7-14-9-22(23,21(27)29-3)19-17(12-25(10-13)11-14)16-8-15(20(26)28-2)5-6-18(16)24-19/h5-8,14,24H,4,9-12H2,1-3H3/t14-,22+/m1/s1. The topological polar surface area (TPSA) is 71.6 Å². The summed E-state index contributed by atoms with van der Waals surface area (Å²) in [4.78, 5) is 31.0. The second kappa shape index (κ2) is 7.75. The molecule has 4 rings (SSSR count). The van der Waals surface area contributed by atoms with Crippen LogP contribution in [0.4, 0.5) is 0 Å². The van der Waals surface area contributed by atoms with Crippen LogP contribution in [0.25, 0.3) is 10.9 Å². The molecule has 0 radical (unpaired) electrons. The number of fused-ring (bicyclic) bond motifs is 5. The lowest BCUT2D eigenvalue weighted by molar-refractivity contribution is -0.143. The van der Waals surface area contributed by atoms with E-state index >= 15 is 0 Å². The largest absolute Gasteiger partial charge is 0.468 e. The van der Waals surface area contributed by atoms with Crippen molar-refractivity contribution in [3.63, 3.8) is 0 Å². The van der Waals surface area contributed by atoms with E-state index in [-0.39, 0.29) is 11.9 Å². The SMILES string of the molecule is CCC1=C[C@H]2CN(C1)Cc1c([nH]c3ccc(C(=O)OC)cc13)[C@](I)(C(=O)OC)C2. The Hall–Kier alpha value is -1.87. The van der Waals surface area contributed by atoms with E-state index in [1.54, 1.807) is 6.07 Å². The molecule has 7 heteroatoms. The zero-order chi connectivity index (χ0) is 20.8. The first-order valence-electron chi connectivity index (χ1n) is 9.82. The van der Waals surface area contributed by atoms with Crippen molar-refractivity contribution in [2.24, 2.45) is 5.92 Å². The summed E-state index contributed by atoms with van der Waals surface area (Å²) in [6.07, 6.45) is 4.02. The van der Waals surface area contributed by atoms with Gasteiger partial charge in [0.15, 0.2) is 3.42 Å². The van der Waals surface area contributed by atoms with Crippen molar-refractivity contribution in [3.05, 3.63) is 46.7 Å². The molecular formula is C22H25IN2O4. The third kappa shape index (κ3) is 3.48. The molecule has 0 amide bonds. The number of esters is 2. The number of rotatable bonds is 3. The number of aromatic amines is 1. The highest BCUT2D eigenvalue weighted by Gasteiger charge is 2.46. The van der Waals surface area contributed by atoms with Crippen LogP contribution in [0.3, 0.4) is 0 Å². The number of carbonyl (C=O) groups is 2.